The molecule has 18 heavy (non-hydrogen) atoms. The molecule has 1 N–H and O–H groups in total. The lowest BCUT2D eigenvalue weighted by Crippen LogP contribution is -2.21. The average Bonchev–Trinajstić information content (AvgIpc) is 2.79. The molecule has 1 heterocycles. The van der Waals surface area contributed by atoms with Gasteiger partial charge in [-0.05, 0) is 18.6 Å². The summed E-state index contributed by atoms with van der Waals surface area (Å²) in [6.45, 7) is 2.79. The number of rotatable bonds is 5. The van der Waals surface area contributed by atoms with Gasteiger partial charge in [-0.15, -0.1) is 0 Å². The summed E-state index contributed by atoms with van der Waals surface area (Å²) in [6, 6.07) is 7.51. The maximum Gasteiger partial charge on any atom is 0.244 e. The molecule has 1 aromatic heterocycles. The monoisotopic (exact) mass is 244 g/mol. The van der Waals surface area contributed by atoms with Gasteiger partial charge in [0.25, 0.3) is 0 Å². The van der Waals surface area contributed by atoms with Crippen molar-refractivity contribution in [2.45, 2.75) is 19.8 Å². The standard InChI is InChI=1S/C14H16N2O2/c1-2-3-10-15-13(17)8-9-14-16-11-6-4-5-7-12(11)18-14/h4-9H,2-3,10H2,1H3,(H,15,17)/b9-8+. The first-order valence-electron chi connectivity index (χ1n) is 6.11. The highest BCUT2D eigenvalue weighted by atomic mass is 16.3. The van der Waals surface area contributed by atoms with Gasteiger partial charge in [0.05, 0.1) is 0 Å². The summed E-state index contributed by atoms with van der Waals surface area (Å²) in [5.41, 5.74) is 1.52. The van der Waals surface area contributed by atoms with Crippen LogP contribution in [0.4, 0.5) is 0 Å². The smallest absolute Gasteiger partial charge is 0.244 e. The molecule has 2 rings (SSSR count). The number of nitrogens with one attached hydrogen (secondary N) is 1. The van der Waals surface area contributed by atoms with E-state index in [1.165, 1.54) is 6.08 Å². The molecule has 0 aliphatic heterocycles. The van der Waals surface area contributed by atoms with E-state index in [4.69, 9.17) is 4.42 Å². The van der Waals surface area contributed by atoms with Crippen molar-refractivity contribution >= 4 is 23.1 Å². The van der Waals surface area contributed by atoms with Crippen molar-refractivity contribution in [3.8, 4) is 0 Å². The van der Waals surface area contributed by atoms with Crippen LogP contribution in [0.2, 0.25) is 0 Å². The van der Waals surface area contributed by atoms with Crippen LogP contribution in [-0.4, -0.2) is 17.4 Å². The number of para-hydroxylation sites is 2. The molecule has 0 aliphatic carbocycles. The first-order valence-corrected chi connectivity index (χ1v) is 6.11. The number of aromatic nitrogens is 1. The summed E-state index contributed by atoms with van der Waals surface area (Å²) >= 11 is 0. The van der Waals surface area contributed by atoms with Crippen LogP contribution >= 0.6 is 0 Å². The van der Waals surface area contributed by atoms with Crippen LogP contribution in [0.25, 0.3) is 17.2 Å². The highest BCUT2D eigenvalue weighted by molar-refractivity contribution is 5.91. The molecular weight excluding hydrogens is 228 g/mol. The number of nitrogens with zero attached hydrogens (tertiary/aromatic N) is 1. The zero-order chi connectivity index (χ0) is 12.8. The summed E-state index contributed by atoms with van der Waals surface area (Å²) in [6.07, 6.45) is 5.08. The molecule has 0 saturated heterocycles. The second-order valence-corrected chi connectivity index (χ2v) is 4.00. The van der Waals surface area contributed by atoms with Gasteiger partial charge in [0.15, 0.2) is 5.58 Å². The van der Waals surface area contributed by atoms with Crippen molar-refractivity contribution in [2.75, 3.05) is 6.54 Å². The van der Waals surface area contributed by atoms with Crippen LogP contribution in [0, 0.1) is 0 Å². The number of oxazole rings is 1. The zero-order valence-electron chi connectivity index (χ0n) is 10.3. The number of hydrogen-bond acceptors (Lipinski definition) is 3. The predicted octanol–water partition coefficient (Wildman–Crippen LogP) is 2.76. The number of unbranched alkanes of at least 4 members (excludes halogenated alkanes) is 1. The second-order valence-electron chi connectivity index (χ2n) is 4.00. The van der Waals surface area contributed by atoms with Gasteiger partial charge >= 0.3 is 0 Å². The van der Waals surface area contributed by atoms with Gasteiger partial charge < -0.3 is 9.73 Å². The minimum Gasteiger partial charge on any atom is -0.437 e. The van der Waals surface area contributed by atoms with Crippen LogP contribution in [0.15, 0.2) is 34.8 Å². The topological polar surface area (TPSA) is 55.1 Å². The van der Waals surface area contributed by atoms with Gasteiger partial charge in [-0.2, -0.15) is 0 Å². The highest BCUT2D eigenvalue weighted by Gasteiger charge is 2.01. The molecule has 4 nitrogen and oxygen atoms in total. The summed E-state index contributed by atoms with van der Waals surface area (Å²) in [5.74, 6) is 0.326. The molecule has 0 aliphatic rings. The van der Waals surface area contributed by atoms with Crippen LogP contribution in [-0.2, 0) is 4.79 Å². The van der Waals surface area contributed by atoms with Crippen LogP contribution in [0.1, 0.15) is 25.7 Å². The molecule has 0 spiro atoms. The predicted molar refractivity (Wildman–Crippen MR) is 71.0 cm³/mol. The average molecular weight is 244 g/mol. The fraction of sp³-hybridized carbons (Fsp3) is 0.286. The molecule has 0 fully saturated rings. The third kappa shape index (κ3) is 3.20. The molecule has 0 atom stereocenters. The Bertz CT molecular complexity index is 525. The fourth-order valence-corrected chi connectivity index (χ4v) is 1.56. The Balaban J connectivity index is 1.98. The molecule has 4 heteroatoms. The quantitative estimate of drug-likeness (QED) is 0.650. The van der Waals surface area contributed by atoms with Crippen molar-refractivity contribution in [3.63, 3.8) is 0 Å². The van der Waals surface area contributed by atoms with Crippen molar-refractivity contribution in [3.05, 3.63) is 36.2 Å². The first-order chi connectivity index (χ1) is 8.79. The van der Waals surface area contributed by atoms with E-state index in [9.17, 15) is 4.79 Å². The van der Waals surface area contributed by atoms with E-state index in [1.807, 2.05) is 24.3 Å². The number of hydrogen-bond donors (Lipinski definition) is 1. The fourth-order valence-electron chi connectivity index (χ4n) is 1.56. The second kappa shape index (κ2) is 6.00. The van der Waals surface area contributed by atoms with Crippen LogP contribution in [0.3, 0.4) is 0 Å². The van der Waals surface area contributed by atoms with Crippen LogP contribution in [0.5, 0.6) is 0 Å². The zero-order valence-corrected chi connectivity index (χ0v) is 10.3. The van der Waals surface area contributed by atoms with Gasteiger partial charge in [-0.1, -0.05) is 25.5 Å². The minimum atomic E-state index is -0.120. The van der Waals surface area contributed by atoms with Gasteiger partial charge in [0.2, 0.25) is 11.8 Å². The van der Waals surface area contributed by atoms with E-state index in [0.29, 0.717) is 12.4 Å². The number of amides is 1. The lowest BCUT2D eigenvalue weighted by atomic mass is 10.3. The Morgan fingerprint density at radius 2 is 2.28 bits per heavy atom. The summed E-state index contributed by atoms with van der Waals surface area (Å²) in [7, 11) is 0. The van der Waals surface area contributed by atoms with Crippen LogP contribution < -0.4 is 5.32 Å². The van der Waals surface area contributed by atoms with E-state index in [1.54, 1.807) is 6.08 Å². The van der Waals surface area contributed by atoms with Gasteiger partial charge in [0, 0.05) is 18.7 Å². The normalized spacial score (nSPS) is 11.2. The number of fused-ring (bicyclic) bond motifs is 1. The molecule has 0 saturated carbocycles. The van der Waals surface area contributed by atoms with Gasteiger partial charge in [-0.25, -0.2) is 4.98 Å². The molecule has 94 valence electrons. The van der Waals surface area contributed by atoms with E-state index in [2.05, 4.69) is 17.2 Å². The Hall–Kier alpha value is -2.10. The summed E-state index contributed by atoms with van der Waals surface area (Å²) < 4.78 is 5.47. The van der Waals surface area contributed by atoms with E-state index >= 15 is 0 Å². The maximum atomic E-state index is 11.4. The first kappa shape index (κ1) is 12.4. The maximum absolute atomic E-state index is 11.4. The van der Waals surface area contributed by atoms with Gasteiger partial charge in [0.1, 0.15) is 5.52 Å². The number of benzene rings is 1. The third-order valence-electron chi connectivity index (χ3n) is 2.52. The summed E-state index contributed by atoms with van der Waals surface area (Å²) in [5, 5.41) is 2.79. The Morgan fingerprint density at radius 1 is 1.44 bits per heavy atom. The molecule has 0 unspecified atom stereocenters. The summed E-state index contributed by atoms with van der Waals surface area (Å²) in [4.78, 5) is 15.7. The Labute approximate surface area is 106 Å². The van der Waals surface area contributed by atoms with Crippen molar-refractivity contribution in [1.29, 1.82) is 0 Å². The lowest BCUT2D eigenvalue weighted by Gasteiger charge is -1.98. The van der Waals surface area contributed by atoms with E-state index < -0.39 is 0 Å². The molecule has 1 aromatic carbocycles. The third-order valence-corrected chi connectivity index (χ3v) is 2.52. The number of carbonyl (C=O) groups excluding carboxylic acids is 1. The number of carbonyl (C=O) groups is 1. The lowest BCUT2D eigenvalue weighted by molar-refractivity contribution is -0.116. The molecular formula is C14H16N2O2. The molecule has 2 aromatic rings. The van der Waals surface area contributed by atoms with Crippen molar-refractivity contribution in [2.24, 2.45) is 0 Å². The largest absolute Gasteiger partial charge is 0.437 e. The van der Waals surface area contributed by atoms with E-state index in [-0.39, 0.29) is 5.91 Å². The molecule has 1 amide bonds. The van der Waals surface area contributed by atoms with Crippen molar-refractivity contribution < 1.29 is 9.21 Å². The SMILES string of the molecule is CCCCNC(=O)/C=C/c1nc2ccccc2o1. The molecule has 0 bridgehead atoms. The van der Waals surface area contributed by atoms with E-state index in [0.717, 1.165) is 23.9 Å². The molecule has 0 radical (unpaired) electrons. The minimum absolute atomic E-state index is 0.120. The Morgan fingerprint density at radius 3 is 3.06 bits per heavy atom. The highest BCUT2D eigenvalue weighted by Crippen LogP contribution is 2.15. The van der Waals surface area contributed by atoms with Crippen molar-refractivity contribution in [1.82, 2.24) is 10.3 Å². The van der Waals surface area contributed by atoms with Gasteiger partial charge in [-0.3, -0.25) is 4.79 Å². The Kier molecular flexibility index (Phi) is 4.12.